The third-order valence-electron chi connectivity index (χ3n) is 4.15. The number of hydrogen-bond donors (Lipinski definition) is 4. The Bertz CT molecular complexity index is 608. The van der Waals surface area contributed by atoms with Crippen molar-refractivity contribution in [1.82, 2.24) is 0 Å². The van der Waals surface area contributed by atoms with Crippen molar-refractivity contribution in [3.8, 4) is 5.75 Å². The third-order valence-corrected chi connectivity index (χ3v) is 4.15. The molecule has 1 aromatic rings. The first-order valence-electron chi connectivity index (χ1n) is 9.38. The van der Waals surface area contributed by atoms with Crippen LogP contribution in [0.1, 0.15) is 51.5 Å². The fraction of sp³-hybridized carbons (Fsp3) is 0.524. The number of carboxylic acid groups (broad SMARTS) is 2. The van der Waals surface area contributed by atoms with Gasteiger partial charge in [0.15, 0.2) is 0 Å². The van der Waals surface area contributed by atoms with Crippen LogP contribution in [0, 0.1) is 5.92 Å². The van der Waals surface area contributed by atoms with Gasteiger partial charge in [-0.05, 0) is 36.6 Å². The monoisotopic (exact) mass is 396 g/mol. The minimum atomic E-state index is -1.11. The highest BCUT2D eigenvalue weighted by Gasteiger charge is 2.13. The number of methoxy groups -OCH3 is 1. The second-order valence-electron chi connectivity index (χ2n) is 6.37. The Morgan fingerprint density at radius 2 is 1.75 bits per heavy atom. The maximum Gasteiger partial charge on any atom is 0.331 e. The largest absolute Gasteiger partial charge is 0.497 e. The minimum absolute atomic E-state index is 0.0433. The number of carboxylic acids is 2. The van der Waals surface area contributed by atoms with E-state index >= 15 is 0 Å². The van der Waals surface area contributed by atoms with Gasteiger partial charge in [0, 0.05) is 12.0 Å². The Balaban J connectivity index is 0.000000621. The number of ether oxygens (including phenoxy) is 1. The predicted octanol–water partition coefficient (Wildman–Crippen LogP) is 3.19. The molecular weight excluding hydrogens is 364 g/mol. The van der Waals surface area contributed by atoms with Gasteiger partial charge in [-0.1, -0.05) is 38.8 Å². The van der Waals surface area contributed by atoms with Crippen LogP contribution >= 0.6 is 0 Å². The topological polar surface area (TPSA) is 124 Å². The van der Waals surface area contributed by atoms with E-state index in [9.17, 15) is 14.7 Å². The summed E-state index contributed by atoms with van der Waals surface area (Å²) in [5.74, 6) is -1.19. The highest BCUT2D eigenvalue weighted by molar-refractivity contribution is 5.92. The Hall–Kier alpha value is -2.38. The quantitative estimate of drug-likeness (QED) is 0.423. The lowest BCUT2D eigenvalue weighted by molar-refractivity contribution is -0.142. The molecule has 4 N–H and O–H groups in total. The maximum absolute atomic E-state index is 11.0. The highest BCUT2D eigenvalue weighted by atomic mass is 16.5. The van der Waals surface area contributed by atoms with E-state index in [1.54, 1.807) is 31.4 Å². The van der Waals surface area contributed by atoms with Crippen LogP contribution in [0.2, 0.25) is 0 Å². The number of rotatable bonds is 11. The van der Waals surface area contributed by atoms with Gasteiger partial charge in [0.1, 0.15) is 5.75 Å². The minimum Gasteiger partial charge on any atom is -0.497 e. The predicted molar refractivity (Wildman–Crippen MR) is 107 cm³/mol. The zero-order valence-corrected chi connectivity index (χ0v) is 16.8. The average molecular weight is 396 g/mol. The van der Waals surface area contributed by atoms with Crippen molar-refractivity contribution in [2.24, 2.45) is 5.92 Å². The van der Waals surface area contributed by atoms with Gasteiger partial charge in [0.25, 0.3) is 0 Å². The van der Waals surface area contributed by atoms with E-state index in [0.29, 0.717) is 11.3 Å². The van der Waals surface area contributed by atoms with Gasteiger partial charge in [0.05, 0.1) is 25.7 Å². The van der Waals surface area contributed by atoms with Crippen LogP contribution in [0.5, 0.6) is 5.75 Å². The normalized spacial score (nSPS) is 13.1. The second kappa shape index (κ2) is 14.6. The molecule has 1 aromatic carbocycles. The summed E-state index contributed by atoms with van der Waals surface area (Å²) in [5.41, 5.74) is 0.736. The zero-order chi connectivity index (χ0) is 21.5. The Morgan fingerprint density at radius 3 is 2.14 bits per heavy atom. The summed E-state index contributed by atoms with van der Waals surface area (Å²) in [6.45, 7) is 3.54. The van der Waals surface area contributed by atoms with Gasteiger partial charge >= 0.3 is 11.9 Å². The first kappa shape index (κ1) is 25.6. The van der Waals surface area contributed by atoms with Crippen LogP contribution in [0.25, 0.3) is 6.08 Å². The summed E-state index contributed by atoms with van der Waals surface area (Å²) in [6, 6.07) is 6.86. The van der Waals surface area contributed by atoms with Crippen LogP contribution in [-0.2, 0) is 9.59 Å². The molecule has 0 saturated heterocycles. The van der Waals surface area contributed by atoms with Crippen molar-refractivity contribution in [2.75, 3.05) is 13.7 Å². The Labute approximate surface area is 166 Å². The standard InChI is InChI=1S/C13H16O5.C8H16O2/c1-18-12-4-2-9(3-5-12)6-10(13(16)17)7-11(15)8-14;1-3-5-6-7(4-2)8(9)10/h2-6,11,14-15H,7-8H2,1H3,(H,16,17);7H,3-6H2,1-2H3,(H,9,10). The SMILES string of the molecule is CCCCC(CC)C(=O)O.COc1ccc(C=C(CC(O)CO)C(=O)O)cc1. The molecule has 0 aromatic heterocycles. The molecule has 158 valence electrons. The highest BCUT2D eigenvalue weighted by Crippen LogP contribution is 2.16. The second-order valence-corrected chi connectivity index (χ2v) is 6.37. The lowest BCUT2D eigenvalue weighted by atomic mass is 10.00. The molecule has 0 fully saturated rings. The van der Waals surface area contributed by atoms with Gasteiger partial charge in [-0.3, -0.25) is 4.79 Å². The Kier molecular flexibility index (Phi) is 13.4. The zero-order valence-electron chi connectivity index (χ0n) is 16.8. The first-order valence-corrected chi connectivity index (χ1v) is 9.38. The lowest BCUT2D eigenvalue weighted by Crippen LogP contribution is -2.16. The van der Waals surface area contributed by atoms with Crippen LogP contribution in [-0.4, -0.2) is 52.2 Å². The van der Waals surface area contributed by atoms with Gasteiger partial charge in [-0.15, -0.1) is 0 Å². The molecule has 7 nitrogen and oxygen atoms in total. The molecule has 0 radical (unpaired) electrons. The fourth-order valence-corrected chi connectivity index (χ4v) is 2.38. The first-order chi connectivity index (χ1) is 13.3. The van der Waals surface area contributed by atoms with E-state index in [1.165, 1.54) is 6.08 Å². The van der Waals surface area contributed by atoms with E-state index in [2.05, 4.69) is 6.92 Å². The molecule has 0 heterocycles. The smallest absolute Gasteiger partial charge is 0.331 e. The van der Waals surface area contributed by atoms with Crippen molar-refractivity contribution in [1.29, 1.82) is 0 Å². The number of aliphatic hydroxyl groups excluding tert-OH is 2. The van der Waals surface area contributed by atoms with E-state index in [-0.39, 0.29) is 17.9 Å². The van der Waals surface area contributed by atoms with Gasteiger partial charge in [0.2, 0.25) is 0 Å². The number of aliphatic hydroxyl groups is 2. The number of benzene rings is 1. The number of hydrogen-bond acceptors (Lipinski definition) is 5. The molecule has 0 spiro atoms. The van der Waals surface area contributed by atoms with Crippen LogP contribution in [0.4, 0.5) is 0 Å². The number of carbonyl (C=O) groups is 2. The van der Waals surface area contributed by atoms with Crippen molar-refractivity contribution in [3.63, 3.8) is 0 Å². The van der Waals surface area contributed by atoms with E-state index in [4.69, 9.17) is 20.1 Å². The fourth-order valence-electron chi connectivity index (χ4n) is 2.38. The number of aliphatic carboxylic acids is 2. The van der Waals surface area contributed by atoms with Gasteiger partial charge in [-0.25, -0.2) is 4.79 Å². The van der Waals surface area contributed by atoms with Crippen molar-refractivity contribution in [3.05, 3.63) is 35.4 Å². The average Bonchev–Trinajstić information content (AvgIpc) is 2.68. The molecule has 1 rings (SSSR count). The summed E-state index contributed by atoms with van der Waals surface area (Å²) >= 11 is 0. The third kappa shape index (κ3) is 10.7. The molecule has 0 aliphatic rings. The van der Waals surface area contributed by atoms with E-state index < -0.39 is 24.6 Å². The molecule has 2 unspecified atom stereocenters. The maximum atomic E-state index is 11.0. The summed E-state index contributed by atoms with van der Waals surface area (Å²) in [6.07, 6.45) is 4.01. The van der Waals surface area contributed by atoms with Crippen LogP contribution in [0.15, 0.2) is 29.8 Å². The summed E-state index contributed by atoms with van der Waals surface area (Å²) < 4.78 is 4.99. The molecule has 0 amide bonds. The van der Waals surface area contributed by atoms with Crippen molar-refractivity contribution >= 4 is 18.0 Å². The summed E-state index contributed by atoms with van der Waals surface area (Å²) in [5, 5.41) is 35.6. The van der Waals surface area contributed by atoms with Crippen LogP contribution in [0.3, 0.4) is 0 Å². The van der Waals surface area contributed by atoms with Gasteiger partial charge in [-0.2, -0.15) is 0 Å². The molecule has 0 bridgehead atoms. The number of unbranched alkanes of at least 4 members (excludes halogenated alkanes) is 1. The van der Waals surface area contributed by atoms with Crippen LogP contribution < -0.4 is 4.74 Å². The molecule has 0 saturated carbocycles. The van der Waals surface area contributed by atoms with Gasteiger partial charge < -0.3 is 25.2 Å². The molecule has 0 aliphatic carbocycles. The summed E-state index contributed by atoms with van der Waals surface area (Å²) in [4.78, 5) is 21.4. The van der Waals surface area contributed by atoms with E-state index in [1.807, 2.05) is 6.92 Å². The molecule has 28 heavy (non-hydrogen) atoms. The molecular formula is C21H32O7. The summed E-state index contributed by atoms with van der Waals surface area (Å²) in [7, 11) is 1.55. The molecule has 2 atom stereocenters. The molecule has 0 aliphatic heterocycles. The molecule has 7 heteroatoms. The van der Waals surface area contributed by atoms with E-state index in [0.717, 1.165) is 25.7 Å². The lowest BCUT2D eigenvalue weighted by Gasteiger charge is -2.08. The van der Waals surface area contributed by atoms with Crippen molar-refractivity contribution < 1.29 is 34.8 Å². The Morgan fingerprint density at radius 1 is 1.14 bits per heavy atom. The van der Waals surface area contributed by atoms with Crippen molar-refractivity contribution in [2.45, 2.75) is 52.1 Å².